The van der Waals surface area contributed by atoms with Gasteiger partial charge in [0.05, 0.1) is 0 Å². The topological polar surface area (TPSA) is 73.0 Å². The molecule has 1 N–H and O–H groups in total. The van der Waals surface area contributed by atoms with Gasteiger partial charge in [-0.15, -0.1) is 12.4 Å². The summed E-state index contributed by atoms with van der Waals surface area (Å²) in [7, 11) is 3.51. The Kier molecular flexibility index (Phi) is 7.09. The van der Waals surface area contributed by atoms with Gasteiger partial charge in [0.2, 0.25) is 5.91 Å². The molecule has 0 aromatic heterocycles. The lowest BCUT2D eigenvalue weighted by Crippen LogP contribution is -2.46. The maximum absolute atomic E-state index is 12.2. The van der Waals surface area contributed by atoms with Crippen LogP contribution in [-0.4, -0.2) is 79.4 Å². The third-order valence-electron chi connectivity index (χ3n) is 4.29. The molecular weight excluding hydrogens is 308 g/mol. The third kappa shape index (κ3) is 4.33. The number of hydrogen-bond acceptors (Lipinski definition) is 4. The lowest BCUT2D eigenvalue weighted by molar-refractivity contribution is -0.137. The minimum atomic E-state index is -0.378. The van der Waals surface area contributed by atoms with E-state index >= 15 is 0 Å². The zero-order chi connectivity index (χ0) is 15.4. The Hall–Kier alpha value is -1.34. The van der Waals surface area contributed by atoms with Crippen LogP contribution in [0.1, 0.15) is 19.3 Å². The fourth-order valence-electron chi connectivity index (χ4n) is 2.88. The van der Waals surface area contributed by atoms with Crippen LogP contribution in [0.25, 0.3) is 0 Å². The summed E-state index contributed by atoms with van der Waals surface area (Å²) in [6.07, 6.45) is 3.12. The summed E-state index contributed by atoms with van der Waals surface area (Å²) in [6.45, 7) is 2.39. The zero-order valence-corrected chi connectivity index (χ0v) is 14.0. The molecule has 0 atom stereocenters. The molecule has 7 nitrogen and oxygen atoms in total. The van der Waals surface area contributed by atoms with Crippen LogP contribution in [0.4, 0.5) is 4.79 Å². The van der Waals surface area contributed by atoms with Crippen molar-refractivity contribution >= 4 is 30.3 Å². The van der Waals surface area contributed by atoms with Gasteiger partial charge in [0.1, 0.15) is 13.1 Å². The van der Waals surface area contributed by atoms with E-state index in [1.54, 1.807) is 11.9 Å². The number of halogens is 1. The van der Waals surface area contributed by atoms with E-state index in [4.69, 9.17) is 0 Å². The number of likely N-dealkylation sites (N-methyl/N-ethyl adjacent to an activating group) is 1. The summed E-state index contributed by atoms with van der Waals surface area (Å²) in [5.41, 5.74) is 0. The Bertz CT molecular complexity index is 424. The minimum Gasteiger partial charge on any atom is -0.341 e. The Morgan fingerprint density at radius 2 is 1.91 bits per heavy atom. The highest BCUT2D eigenvalue weighted by Crippen LogP contribution is 2.20. The molecule has 2 rings (SSSR count). The number of imide groups is 1. The van der Waals surface area contributed by atoms with Crippen LogP contribution in [0, 0.1) is 5.92 Å². The van der Waals surface area contributed by atoms with Crippen molar-refractivity contribution in [3.05, 3.63) is 0 Å². The number of likely N-dealkylation sites (tertiary alicyclic amines) is 1. The zero-order valence-electron chi connectivity index (χ0n) is 13.2. The van der Waals surface area contributed by atoms with Crippen LogP contribution < -0.4 is 5.32 Å². The SMILES string of the molecule is CNCCC1CCN(C(=O)CN2C(=O)CN(C)C2=O)CC1.Cl. The lowest BCUT2D eigenvalue weighted by Gasteiger charge is -2.32. The fraction of sp³-hybridized carbons (Fsp3) is 0.786. The molecule has 0 spiro atoms. The van der Waals surface area contributed by atoms with E-state index in [0.717, 1.165) is 43.8 Å². The van der Waals surface area contributed by atoms with E-state index in [9.17, 15) is 14.4 Å². The van der Waals surface area contributed by atoms with Gasteiger partial charge in [-0.2, -0.15) is 0 Å². The molecule has 2 saturated heterocycles. The quantitative estimate of drug-likeness (QED) is 0.727. The Morgan fingerprint density at radius 3 is 2.41 bits per heavy atom. The molecular formula is C14H25ClN4O3. The molecule has 0 aliphatic carbocycles. The van der Waals surface area contributed by atoms with Crippen molar-refractivity contribution in [1.82, 2.24) is 20.0 Å². The molecule has 2 aliphatic rings. The minimum absolute atomic E-state index is 0. The molecule has 4 amide bonds. The first-order chi connectivity index (χ1) is 10.0. The Labute approximate surface area is 137 Å². The van der Waals surface area contributed by atoms with Crippen molar-refractivity contribution in [2.45, 2.75) is 19.3 Å². The molecule has 8 heteroatoms. The van der Waals surface area contributed by atoms with Crippen molar-refractivity contribution in [2.75, 3.05) is 46.8 Å². The highest BCUT2D eigenvalue weighted by molar-refractivity contribution is 6.04. The standard InChI is InChI=1S/C14H24N4O3.ClH/c1-15-6-3-11-4-7-17(8-5-11)12(19)10-18-13(20)9-16(2)14(18)21;/h11,15H,3-10H2,1-2H3;1H. The van der Waals surface area contributed by atoms with E-state index in [2.05, 4.69) is 5.32 Å². The molecule has 2 aliphatic heterocycles. The van der Waals surface area contributed by atoms with E-state index in [1.807, 2.05) is 7.05 Å². The summed E-state index contributed by atoms with van der Waals surface area (Å²) in [5, 5.41) is 3.14. The van der Waals surface area contributed by atoms with Crippen LogP contribution in [0.15, 0.2) is 0 Å². The summed E-state index contributed by atoms with van der Waals surface area (Å²) < 4.78 is 0. The maximum Gasteiger partial charge on any atom is 0.327 e. The number of urea groups is 1. The first-order valence-corrected chi connectivity index (χ1v) is 7.50. The van der Waals surface area contributed by atoms with E-state index in [1.165, 1.54) is 4.90 Å². The van der Waals surface area contributed by atoms with Gasteiger partial charge in [-0.1, -0.05) is 0 Å². The molecule has 2 fully saturated rings. The first-order valence-electron chi connectivity index (χ1n) is 7.50. The van der Waals surface area contributed by atoms with E-state index in [0.29, 0.717) is 5.92 Å². The van der Waals surface area contributed by atoms with Crippen LogP contribution in [-0.2, 0) is 9.59 Å². The highest BCUT2D eigenvalue weighted by atomic mass is 35.5. The second-order valence-electron chi connectivity index (χ2n) is 5.83. The number of nitrogens with zero attached hydrogens (tertiary/aromatic N) is 3. The summed E-state index contributed by atoms with van der Waals surface area (Å²) in [6, 6.07) is -0.378. The normalized spacial score (nSPS) is 19.6. The predicted molar refractivity (Wildman–Crippen MR) is 84.8 cm³/mol. The monoisotopic (exact) mass is 332 g/mol. The molecule has 0 bridgehead atoms. The van der Waals surface area contributed by atoms with Crippen molar-refractivity contribution in [3.63, 3.8) is 0 Å². The molecule has 0 saturated carbocycles. The summed E-state index contributed by atoms with van der Waals surface area (Å²) in [5.74, 6) is 0.238. The number of piperidine rings is 1. The van der Waals surface area contributed by atoms with Gasteiger partial charge < -0.3 is 15.1 Å². The molecule has 0 aromatic carbocycles. The third-order valence-corrected chi connectivity index (χ3v) is 4.29. The predicted octanol–water partition coefficient (Wildman–Crippen LogP) is 0.150. The largest absolute Gasteiger partial charge is 0.341 e. The average molecular weight is 333 g/mol. The lowest BCUT2D eigenvalue weighted by atomic mass is 9.93. The van der Waals surface area contributed by atoms with Gasteiger partial charge in [0, 0.05) is 20.1 Å². The Balaban J connectivity index is 0.00000242. The number of hydrogen-bond donors (Lipinski definition) is 1. The van der Waals surface area contributed by atoms with Gasteiger partial charge in [-0.3, -0.25) is 14.5 Å². The van der Waals surface area contributed by atoms with Crippen LogP contribution in [0.5, 0.6) is 0 Å². The highest BCUT2D eigenvalue weighted by Gasteiger charge is 2.36. The summed E-state index contributed by atoms with van der Waals surface area (Å²) >= 11 is 0. The molecule has 0 radical (unpaired) electrons. The van der Waals surface area contributed by atoms with Gasteiger partial charge in [0.25, 0.3) is 5.91 Å². The first kappa shape index (κ1) is 18.7. The maximum atomic E-state index is 12.2. The number of carbonyl (C=O) groups excluding carboxylic acids is 3. The summed E-state index contributed by atoms with van der Waals surface area (Å²) in [4.78, 5) is 39.8. The molecule has 0 unspecified atom stereocenters. The van der Waals surface area contributed by atoms with Crippen LogP contribution in [0.2, 0.25) is 0 Å². The van der Waals surface area contributed by atoms with Crippen molar-refractivity contribution < 1.29 is 14.4 Å². The fourth-order valence-corrected chi connectivity index (χ4v) is 2.88. The van der Waals surface area contributed by atoms with Gasteiger partial charge in [-0.25, -0.2) is 4.79 Å². The van der Waals surface area contributed by atoms with E-state index < -0.39 is 0 Å². The van der Waals surface area contributed by atoms with Gasteiger partial charge >= 0.3 is 6.03 Å². The van der Waals surface area contributed by atoms with Crippen molar-refractivity contribution in [1.29, 1.82) is 0 Å². The smallest absolute Gasteiger partial charge is 0.327 e. The van der Waals surface area contributed by atoms with Gasteiger partial charge in [-0.05, 0) is 38.8 Å². The van der Waals surface area contributed by atoms with Gasteiger partial charge in [0.15, 0.2) is 0 Å². The average Bonchev–Trinajstić information content (AvgIpc) is 2.72. The van der Waals surface area contributed by atoms with Crippen molar-refractivity contribution in [3.8, 4) is 0 Å². The molecule has 126 valence electrons. The number of rotatable bonds is 5. The number of amides is 4. The molecule has 22 heavy (non-hydrogen) atoms. The van der Waals surface area contributed by atoms with Crippen LogP contribution >= 0.6 is 12.4 Å². The number of nitrogens with one attached hydrogen (secondary N) is 1. The second-order valence-corrected chi connectivity index (χ2v) is 5.83. The molecule has 2 heterocycles. The Morgan fingerprint density at radius 1 is 1.27 bits per heavy atom. The van der Waals surface area contributed by atoms with E-state index in [-0.39, 0.29) is 43.3 Å². The molecule has 0 aromatic rings. The van der Waals surface area contributed by atoms with Crippen LogP contribution in [0.3, 0.4) is 0 Å². The van der Waals surface area contributed by atoms with Crippen molar-refractivity contribution in [2.24, 2.45) is 5.92 Å². The second kappa shape index (κ2) is 8.33. The number of carbonyl (C=O) groups is 3.